The Morgan fingerprint density at radius 1 is 1.15 bits per heavy atom. The Bertz CT molecular complexity index is 912. The van der Waals surface area contributed by atoms with Gasteiger partial charge < -0.3 is 20.6 Å². The number of nitrogens with zero attached hydrogens (tertiary/aromatic N) is 1. The summed E-state index contributed by atoms with van der Waals surface area (Å²) in [6.07, 6.45) is 3.06. The summed E-state index contributed by atoms with van der Waals surface area (Å²) in [4.78, 5) is 15.4. The largest absolute Gasteiger partial charge is 0.507 e. The second-order valence-electron chi connectivity index (χ2n) is 5.98. The van der Waals surface area contributed by atoms with Crippen LogP contribution in [0.1, 0.15) is 22.7 Å². The van der Waals surface area contributed by atoms with Crippen molar-refractivity contribution < 1.29 is 20.1 Å². The standard InChI is InChI=1S/C20H20N2O4/c23-10-9-22-19(13-5-7-21-8-6-13)18-15(12-17(24)25)11-14-3-1-2-4-16(14)20(18)26/h1-8,11,19,22-23,26H,9-10,12H2,(H,24,25). The monoisotopic (exact) mass is 352 g/mol. The number of hydrogen-bond acceptors (Lipinski definition) is 5. The maximum atomic E-state index is 11.4. The maximum absolute atomic E-state index is 11.4. The number of phenols is 1. The van der Waals surface area contributed by atoms with Gasteiger partial charge in [0, 0.05) is 29.9 Å². The molecule has 6 heteroatoms. The van der Waals surface area contributed by atoms with Gasteiger partial charge >= 0.3 is 5.97 Å². The highest BCUT2D eigenvalue weighted by Gasteiger charge is 2.24. The zero-order chi connectivity index (χ0) is 18.5. The number of carboxylic acids is 1. The molecule has 0 bridgehead atoms. The smallest absolute Gasteiger partial charge is 0.307 e. The molecule has 2 aromatic carbocycles. The molecule has 6 nitrogen and oxygen atoms in total. The average Bonchev–Trinajstić information content (AvgIpc) is 2.64. The minimum absolute atomic E-state index is 0.0478. The highest BCUT2D eigenvalue weighted by atomic mass is 16.4. The Balaban J connectivity index is 2.23. The van der Waals surface area contributed by atoms with Gasteiger partial charge in [0.1, 0.15) is 5.75 Å². The first-order valence-corrected chi connectivity index (χ1v) is 8.31. The normalized spacial score (nSPS) is 12.2. The van der Waals surface area contributed by atoms with Crippen LogP contribution in [-0.2, 0) is 11.2 Å². The lowest BCUT2D eigenvalue weighted by Gasteiger charge is -2.24. The van der Waals surface area contributed by atoms with Gasteiger partial charge in [-0.25, -0.2) is 0 Å². The summed E-state index contributed by atoms with van der Waals surface area (Å²) < 4.78 is 0. The maximum Gasteiger partial charge on any atom is 0.307 e. The summed E-state index contributed by atoms with van der Waals surface area (Å²) >= 11 is 0. The van der Waals surface area contributed by atoms with Crippen LogP contribution in [0, 0.1) is 0 Å². The van der Waals surface area contributed by atoms with Gasteiger partial charge in [0.15, 0.2) is 0 Å². The second kappa shape index (κ2) is 7.95. The predicted octanol–water partition coefficient (Wildman–Crippen LogP) is 2.24. The third-order valence-electron chi connectivity index (χ3n) is 4.28. The van der Waals surface area contributed by atoms with Crippen LogP contribution in [0.15, 0.2) is 54.9 Å². The SMILES string of the molecule is O=C(O)Cc1cc2ccccc2c(O)c1C(NCCO)c1ccncc1. The predicted molar refractivity (Wildman–Crippen MR) is 98.1 cm³/mol. The molecule has 1 unspecified atom stereocenters. The first-order valence-electron chi connectivity index (χ1n) is 8.31. The molecule has 3 aromatic rings. The number of benzene rings is 2. The van der Waals surface area contributed by atoms with E-state index in [0.717, 1.165) is 10.9 Å². The molecule has 4 N–H and O–H groups in total. The number of carbonyl (C=O) groups is 1. The second-order valence-corrected chi connectivity index (χ2v) is 5.98. The third kappa shape index (κ3) is 3.66. The van der Waals surface area contributed by atoms with E-state index in [0.29, 0.717) is 23.1 Å². The Kier molecular flexibility index (Phi) is 5.46. The molecule has 0 saturated carbocycles. The van der Waals surface area contributed by atoms with Gasteiger partial charge in [0.25, 0.3) is 0 Å². The number of carboxylic acid groups (broad SMARTS) is 1. The third-order valence-corrected chi connectivity index (χ3v) is 4.28. The molecular formula is C20H20N2O4. The first kappa shape index (κ1) is 17.8. The van der Waals surface area contributed by atoms with Crippen LogP contribution in [0.4, 0.5) is 0 Å². The number of nitrogens with one attached hydrogen (secondary N) is 1. The highest BCUT2D eigenvalue weighted by molar-refractivity contribution is 5.91. The van der Waals surface area contributed by atoms with Crippen LogP contribution >= 0.6 is 0 Å². The van der Waals surface area contributed by atoms with Crippen molar-refractivity contribution in [3.63, 3.8) is 0 Å². The van der Waals surface area contributed by atoms with Crippen LogP contribution in [-0.4, -0.2) is 39.4 Å². The van der Waals surface area contributed by atoms with Gasteiger partial charge in [-0.3, -0.25) is 9.78 Å². The van der Waals surface area contributed by atoms with Crippen LogP contribution < -0.4 is 5.32 Å². The molecule has 1 atom stereocenters. The molecule has 0 amide bonds. The lowest BCUT2D eigenvalue weighted by molar-refractivity contribution is -0.136. The summed E-state index contributed by atoms with van der Waals surface area (Å²) in [6, 6.07) is 12.2. The fourth-order valence-electron chi connectivity index (χ4n) is 3.18. The molecule has 0 aliphatic carbocycles. The van der Waals surface area contributed by atoms with Gasteiger partial charge in [-0.1, -0.05) is 24.3 Å². The molecule has 26 heavy (non-hydrogen) atoms. The van der Waals surface area contributed by atoms with E-state index in [-0.39, 0.29) is 18.8 Å². The Morgan fingerprint density at radius 3 is 2.58 bits per heavy atom. The van der Waals surface area contributed by atoms with Gasteiger partial charge in [0.2, 0.25) is 0 Å². The van der Waals surface area contributed by atoms with Crippen molar-refractivity contribution in [3.05, 3.63) is 71.5 Å². The minimum atomic E-state index is -0.975. The number of fused-ring (bicyclic) bond motifs is 1. The fourth-order valence-corrected chi connectivity index (χ4v) is 3.18. The molecular weight excluding hydrogens is 332 g/mol. The van der Waals surface area contributed by atoms with E-state index in [9.17, 15) is 20.1 Å². The van der Waals surface area contributed by atoms with Crippen LogP contribution in [0.5, 0.6) is 5.75 Å². The zero-order valence-corrected chi connectivity index (χ0v) is 14.1. The van der Waals surface area contributed by atoms with Crippen molar-refractivity contribution in [1.82, 2.24) is 10.3 Å². The minimum Gasteiger partial charge on any atom is -0.507 e. The van der Waals surface area contributed by atoms with Crippen LogP contribution in [0.3, 0.4) is 0 Å². The van der Waals surface area contributed by atoms with E-state index in [1.165, 1.54) is 0 Å². The summed E-state index contributed by atoms with van der Waals surface area (Å²) in [5.41, 5.74) is 1.86. The Morgan fingerprint density at radius 2 is 1.88 bits per heavy atom. The summed E-state index contributed by atoms with van der Waals surface area (Å²) in [6.45, 7) is 0.218. The summed E-state index contributed by atoms with van der Waals surface area (Å²) in [7, 11) is 0. The molecule has 0 aliphatic rings. The molecule has 0 spiro atoms. The van der Waals surface area contributed by atoms with E-state index in [1.807, 2.05) is 18.2 Å². The molecule has 1 aromatic heterocycles. The summed E-state index contributed by atoms with van der Waals surface area (Å²) in [5, 5.41) is 34.2. The van der Waals surface area contributed by atoms with Crippen molar-refractivity contribution in [1.29, 1.82) is 0 Å². The van der Waals surface area contributed by atoms with Gasteiger partial charge in [-0.15, -0.1) is 0 Å². The van der Waals surface area contributed by atoms with E-state index in [4.69, 9.17) is 0 Å². The van der Waals surface area contributed by atoms with Gasteiger partial charge in [-0.05, 0) is 34.7 Å². The highest BCUT2D eigenvalue weighted by Crippen LogP contribution is 2.38. The topological polar surface area (TPSA) is 103 Å². The molecule has 1 heterocycles. The number of aliphatic hydroxyl groups is 1. The van der Waals surface area contributed by atoms with E-state index in [1.54, 1.807) is 36.7 Å². The number of aliphatic carboxylic acids is 1. The number of hydrogen-bond donors (Lipinski definition) is 4. The Hall–Kier alpha value is -2.96. The van der Waals surface area contributed by atoms with Crippen molar-refractivity contribution >= 4 is 16.7 Å². The lowest BCUT2D eigenvalue weighted by Crippen LogP contribution is -2.27. The van der Waals surface area contributed by atoms with Crippen molar-refractivity contribution in [2.75, 3.05) is 13.2 Å². The average molecular weight is 352 g/mol. The van der Waals surface area contributed by atoms with Crippen molar-refractivity contribution in [2.45, 2.75) is 12.5 Å². The van der Waals surface area contributed by atoms with Crippen LogP contribution in [0.2, 0.25) is 0 Å². The molecule has 0 saturated heterocycles. The van der Waals surface area contributed by atoms with Crippen molar-refractivity contribution in [2.24, 2.45) is 0 Å². The fraction of sp³-hybridized carbons (Fsp3) is 0.200. The number of aliphatic hydroxyl groups excluding tert-OH is 1. The van der Waals surface area contributed by atoms with E-state index >= 15 is 0 Å². The van der Waals surface area contributed by atoms with E-state index in [2.05, 4.69) is 10.3 Å². The number of aromatic hydroxyl groups is 1. The number of aromatic nitrogens is 1. The molecule has 0 aliphatic heterocycles. The number of rotatable bonds is 7. The number of phenolic OH excluding ortho intramolecular Hbond substituents is 1. The molecule has 134 valence electrons. The van der Waals surface area contributed by atoms with Gasteiger partial charge in [0.05, 0.1) is 19.1 Å². The quantitative estimate of drug-likeness (QED) is 0.520. The lowest BCUT2D eigenvalue weighted by atomic mass is 9.89. The summed E-state index contributed by atoms with van der Waals surface area (Å²) in [5.74, 6) is -0.928. The number of pyridine rings is 1. The zero-order valence-electron chi connectivity index (χ0n) is 14.1. The van der Waals surface area contributed by atoms with Crippen molar-refractivity contribution in [3.8, 4) is 5.75 Å². The first-order chi connectivity index (χ1) is 12.6. The Labute approximate surface area is 150 Å². The molecule has 0 radical (unpaired) electrons. The van der Waals surface area contributed by atoms with Crippen LogP contribution in [0.25, 0.3) is 10.8 Å². The van der Waals surface area contributed by atoms with E-state index < -0.39 is 12.0 Å². The molecule has 3 rings (SSSR count). The molecule has 0 fully saturated rings. The van der Waals surface area contributed by atoms with Gasteiger partial charge in [-0.2, -0.15) is 0 Å².